The lowest BCUT2D eigenvalue weighted by Crippen LogP contribution is -2.59. The van der Waals surface area contributed by atoms with Crippen molar-refractivity contribution in [2.75, 3.05) is 45.9 Å². The first-order valence-corrected chi connectivity index (χ1v) is 20.0. The summed E-state index contributed by atoms with van der Waals surface area (Å²) in [5.74, 6) is 3.52. The number of nitrogens with one attached hydrogen (secondary N) is 3. The van der Waals surface area contributed by atoms with Crippen LogP contribution < -0.4 is 21.7 Å². The van der Waals surface area contributed by atoms with Crippen molar-refractivity contribution in [3.63, 3.8) is 0 Å². The summed E-state index contributed by atoms with van der Waals surface area (Å²) in [6.45, 7) is 14.3. The smallest absolute Gasteiger partial charge is 0.308 e. The normalized spacial score (nSPS) is 38.5. The summed E-state index contributed by atoms with van der Waals surface area (Å²) in [6, 6.07) is 0.600. The molecule has 0 aliphatic heterocycles. The molecule has 5 saturated carbocycles. The van der Waals surface area contributed by atoms with Crippen LogP contribution >= 0.6 is 0 Å². The van der Waals surface area contributed by atoms with Gasteiger partial charge < -0.3 is 31.5 Å². The largest absolute Gasteiger partial charge is 0.465 e. The van der Waals surface area contributed by atoms with Gasteiger partial charge in [-0.3, -0.25) is 4.79 Å². The summed E-state index contributed by atoms with van der Waals surface area (Å²) < 4.78 is 5.98. The number of ether oxygens (including phenoxy) is 1. The summed E-state index contributed by atoms with van der Waals surface area (Å²) in [7, 11) is 0. The minimum Gasteiger partial charge on any atom is -0.465 e. The molecular weight excluding hydrogens is 572 g/mol. The molecule has 0 bridgehead atoms. The Kier molecular flexibility index (Phi) is 13.7. The highest BCUT2D eigenvalue weighted by Gasteiger charge is 2.63. The number of rotatable bonds is 17. The van der Waals surface area contributed by atoms with E-state index in [1.165, 1.54) is 83.5 Å². The van der Waals surface area contributed by atoms with Crippen LogP contribution in [0.4, 0.5) is 0 Å². The molecule has 5 fully saturated rings. The summed E-state index contributed by atoms with van der Waals surface area (Å²) in [4.78, 5) is 12.8. The Morgan fingerprint density at radius 3 is 2.24 bits per heavy atom. The quantitative estimate of drug-likeness (QED) is 0.0972. The number of carbonyl (C=O) groups excluding carboxylic acids is 1. The molecule has 5 aliphatic carbocycles. The average Bonchev–Trinajstić information content (AvgIpc) is 3.42. The van der Waals surface area contributed by atoms with Gasteiger partial charge in [-0.05, 0) is 175 Å². The number of hydrogen-bond acceptors (Lipinski definition) is 7. The van der Waals surface area contributed by atoms with Crippen molar-refractivity contribution in [1.82, 2.24) is 16.0 Å². The van der Waals surface area contributed by atoms with Crippen molar-refractivity contribution < 1.29 is 14.6 Å². The van der Waals surface area contributed by atoms with Crippen molar-refractivity contribution in [3.05, 3.63) is 0 Å². The topological polar surface area (TPSA) is 109 Å². The van der Waals surface area contributed by atoms with E-state index in [-0.39, 0.29) is 23.4 Å². The van der Waals surface area contributed by atoms with E-state index >= 15 is 0 Å². The van der Waals surface area contributed by atoms with Gasteiger partial charge in [0, 0.05) is 6.04 Å². The molecule has 10 atom stereocenters. The van der Waals surface area contributed by atoms with Crippen LogP contribution in [0, 0.1) is 52.3 Å². The number of fused-ring (bicyclic) bond motifs is 5. The molecule has 0 radical (unpaired) electrons. The maximum atomic E-state index is 12.8. The van der Waals surface area contributed by atoms with Gasteiger partial charge in [0.15, 0.2) is 0 Å². The fraction of sp³-hybridized carbons (Fsp3) is 0.974. The fourth-order valence-electron chi connectivity index (χ4n) is 11.7. The van der Waals surface area contributed by atoms with Crippen LogP contribution in [0.5, 0.6) is 0 Å². The van der Waals surface area contributed by atoms with Gasteiger partial charge >= 0.3 is 5.97 Å². The highest BCUT2D eigenvalue weighted by molar-refractivity contribution is 5.72. The lowest BCUT2D eigenvalue weighted by molar-refractivity contribution is -0.169. The number of aliphatic hydroxyl groups excluding tert-OH is 1. The SMILES string of the molecule is C[C@@H](COC(=O)C1CCCCC1)C1CCC2C3C(CC[C@@]21C)[C@@]1(C)CC[C@H](NCCCNCCCCNCCCN)CC1C[C@@H]3O. The van der Waals surface area contributed by atoms with Crippen LogP contribution in [0.15, 0.2) is 0 Å². The van der Waals surface area contributed by atoms with Gasteiger partial charge in [0.05, 0.1) is 18.6 Å². The molecule has 266 valence electrons. The van der Waals surface area contributed by atoms with Gasteiger partial charge in [0.2, 0.25) is 0 Å². The molecule has 7 nitrogen and oxygen atoms in total. The van der Waals surface area contributed by atoms with Gasteiger partial charge in [0.1, 0.15) is 0 Å². The molecule has 0 heterocycles. The number of esters is 1. The zero-order valence-corrected chi connectivity index (χ0v) is 30.0. The molecule has 5 aliphatic rings. The van der Waals surface area contributed by atoms with Crippen molar-refractivity contribution in [2.24, 2.45) is 58.0 Å². The van der Waals surface area contributed by atoms with Crippen LogP contribution in [0.3, 0.4) is 0 Å². The van der Waals surface area contributed by atoms with E-state index in [1.807, 2.05) is 0 Å². The van der Waals surface area contributed by atoms with E-state index in [9.17, 15) is 9.90 Å². The molecule has 0 aromatic heterocycles. The second-order valence-corrected chi connectivity index (χ2v) is 17.1. The number of hydrogen-bond donors (Lipinski definition) is 5. The van der Waals surface area contributed by atoms with Crippen molar-refractivity contribution in [1.29, 1.82) is 0 Å². The lowest BCUT2D eigenvalue weighted by atomic mass is 9.43. The van der Waals surface area contributed by atoms with Crippen LogP contribution in [0.25, 0.3) is 0 Å². The Morgan fingerprint density at radius 1 is 0.826 bits per heavy atom. The third-order valence-corrected chi connectivity index (χ3v) is 14.3. The monoisotopic (exact) mass is 645 g/mol. The second-order valence-electron chi connectivity index (χ2n) is 17.1. The molecule has 0 aromatic rings. The Balaban J connectivity index is 1.04. The van der Waals surface area contributed by atoms with E-state index < -0.39 is 0 Å². The maximum Gasteiger partial charge on any atom is 0.308 e. The third kappa shape index (κ3) is 8.52. The molecule has 0 saturated heterocycles. The van der Waals surface area contributed by atoms with Gasteiger partial charge in [-0.15, -0.1) is 0 Å². The van der Waals surface area contributed by atoms with Gasteiger partial charge in [-0.25, -0.2) is 0 Å². The minimum absolute atomic E-state index is 0.0622. The molecule has 7 heteroatoms. The zero-order valence-electron chi connectivity index (χ0n) is 30.0. The zero-order chi connectivity index (χ0) is 32.6. The average molecular weight is 645 g/mol. The number of nitrogens with two attached hydrogens (primary N) is 1. The first-order chi connectivity index (χ1) is 22.3. The maximum absolute atomic E-state index is 12.8. The van der Waals surface area contributed by atoms with Crippen molar-refractivity contribution >= 4 is 5.97 Å². The molecule has 46 heavy (non-hydrogen) atoms. The van der Waals surface area contributed by atoms with Gasteiger partial charge in [-0.1, -0.05) is 40.0 Å². The van der Waals surface area contributed by atoms with Crippen LogP contribution in [0.2, 0.25) is 0 Å². The van der Waals surface area contributed by atoms with E-state index in [0.717, 1.165) is 65.0 Å². The minimum atomic E-state index is -0.162. The summed E-state index contributed by atoms with van der Waals surface area (Å²) in [5.41, 5.74) is 6.17. The van der Waals surface area contributed by atoms with Crippen LogP contribution in [-0.2, 0) is 9.53 Å². The van der Waals surface area contributed by atoms with Crippen molar-refractivity contribution in [2.45, 2.75) is 142 Å². The standard InChI is InChI=1S/C39H72N4O3/c1-28(27-46-37(45)29-11-5-4-6-12-29)32-13-14-33-36-34(16-18-39(32,33)3)38(2)17-15-31(25-30(38)26-35(36)44)43-24-10-23-42-21-8-7-20-41-22-9-19-40/h28-36,41-44H,4-27,40H2,1-3H3/t28-,30?,31-,32?,33?,34?,35-,36?,38-,39+/m0/s1. The van der Waals surface area contributed by atoms with Gasteiger partial charge in [-0.2, -0.15) is 0 Å². The Morgan fingerprint density at radius 2 is 1.50 bits per heavy atom. The summed E-state index contributed by atoms with van der Waals surface area (Å²) in [5, 5.41) is 22.8. The lowest BCUT2D eigenvalue weighted by Gasteiger charge is -2.62. The first kappa shape index (κ1) is 36.5. The Bertz CT molecular complexity index is 929. The Labute approximate surface area is 282 Å². The first-order valence-electron chi connectivity index (χ1n) is 20.0. The predicted molar refractivity (Wildman–Crippen MR) is 188 cm³/mol. The summed E-state index contributed by atoms with van der Waals surface area (Å²) >= 11 is 0. The molecule has 0 amide bonds. The predicted octanol–water partition coefficient (Wildman–Crippen LogP) is 6.03. The highest BCUT2D eigenvalue weighted by Crippen LogP contribution is 2.68. The molecular formula is C39H72N4O3. The Hall–Kier alpha value is -0.730. The fourth-order valence-corrected chi connectivity index (χ4v) is 11.7. The van der Waals surface area contributed by atoms with E-state index in [4.69, 9.17) is 10.5 Å². The molecule has 5 unspecified atom stereocenters. The second kappa shape index (κ2) is 17.3. The van der Waals surface area contributed by atoms with Gasteiger partial charge in [0.25, 0.3) is 0 Å². The number of carbonyl (C=O) groups is 1. The van der Waals surface area contributed by atoms with E-state index in [1.54, 1.807) is 0 Å². The summed E-state index contributed by atoms with van der Waals surface area (Å²) in [6.07, 6.45) is 20.0. The molecule has 6 N–H and O–H groups in total. The molecule has 5 rings (SSSR count). The molecule has 0 aromatic carbocycles. The molecule has 0 spiro atoms. The van der Waals surface area contributed by atoms with Crippen LogP contribution in [0.1, 0.15) is 130 Å². The van der Waals surface area contributed by atoms with E-state index in [0.29, 0.717) is 53.6 Å². The third-order valence-electron chi connectivity index (χ3n) is 14.3. The van der Waals surface area contributed by atoms with Crippen LogP contribution in [-0.4, -0.2) is 69.1 Å². The number of aliphatic hydroxyl groups is 1. The number of unbranched alkanes of at least 4 members (excludes halogenated alkanes) is 1. The highest BCUT2D eigenvalue weighted by atomic mass is 16.5. The van der Waals surface area contributed by atoms with Crippen molar-refractivity contribution in [3.8, 4) is 0 Å². The van der Waals surface area contributed by atoms with E-state index in [2.05, 4.69) is 36.7 Å².